The maximum atomic E-state index is 12.4. The topological polar surface area (TPSA) is 182 Å². The largest absolute Gasteiger partial charge is 0.387 e. The number of rotatable bonds is 4. The van der Waals surface area contributed by atoms with E-state index >= 15 is 0 Å². The van der Waals surface area contributed by atoms with E-state index < -0.39 is 30.4 Å². The standard InChI is InChI=1S/C21H22N8O5/c1-23-19(32)16-14(30)15(31)21(34-16)29-10-25-13-17(22)26-12(27-18(13)29)4-3-9-28(2)20(33)11-5-7-24-8-6-11/h5-8,10,14-16,21,30-31H,9H2,1-2H3,(H,23,32)(H2,22,26,27)/t14-,15+,16-,21+/m0/s1. The first-order valence-electron chi connectivity index (χ1n) is 10.2. The number of amides is 2. The van der Waals surface area contributed by atoms with Gasteiger partial charge in [0, 0.05) is 32.1 Å². The predicted molar refractivity (Wildman–Crippen MR) is 118 cm³/mol. The first kappa shape index (κ1) is 23.1. The normalized spacial score (nSPS) is 21.6. The first-order valence-corrected chi connectivity index (χ1v) is 10.2. The highest BCUT2D eigenvalue weighted by Crippen LogP contribution is 2.32. The molecule has 0 bridgehead atoms. The van der Waals surface area contributed by atoms with Crippen LogP contribution in [0.5, 0.6) is 0 Å². The molecule has 3 aromatic rings. The Kier molecular flexibility index (Phi) is 6.37. The maximum absolute atomic E-state index is 12.4. The van der Waals surface area contributed by atoms with E-state index in [4.69, 9.17) is 10.5 Å². The monoisotopic (exact) mass is 466 g/mol. The van der Waals surface area contributed by atoms with E-state index in [0.29, 0.717) is 5.56 Å². The van der Waals surface area contributed by atoms with Crippen molar-refractivity contribution in [2.45, 2.75) is 24.5 Å². The van der Waals surface area contributed by atoms with Crippen LogP contribution in [0.25, 0.3) is 11.2 Å². The van der Waals surface area contributed by atoms with E-state index in [1.54, 1.807) is 19.2 Å². The van der Waals surface area contributed by atoms with Crippen molar-refractivity contribution in [3.8, 4) is 11.8 Å². The number of ether oxygens (including phenoxy) is 1. The van der Waals surface area contributed by atoms with Gasteiger partial charge in [0.25, 0.3) is 11.8 Å². The molecular weight excluding hydrogens is 444 g/mol. The smallest absolute Gasteiger partial charge is 0.254 e. The Hall–Kier alpha value is -4.12. The summed E-state index contributed by atoms with van der Waals surface area (Å²) < 4.78 is 6.93. The van der Waals surface area contributed by atoms with Gasteiger partial charge in [0.05, 0.1) is 12.9 Å². The Morgan fingerprint density at radius 1 is 1.26 bits per heavy atom. The Balaban J connectivity index is 1.57. The molecule has 1 aliphatic heterocycles. The van der Waals surface area contributed by atoms with Crippen LogP contribution in [0.15, 0.2) is 30.9 Å². The van der Waals surface area contributed by atoms with Crippen LogP contribution < -0.4 is 11.1 Å². The zero-order valence-electron chi connectivity index (χ0n) is 18.3. The second-order valence-corrected chi connectivity index (χ2v) is 7.50. The summed E-state index contributed by atoms with van der Waals surface area (Å²) in [6.45, 7) is 0.103. The maximum Gasteiger partial charge on any atom is 0.254 e. The number of nitrogens with zero attached hydrogens (tertiary/aromatic N) is 6. The van der Waals surface area contributed by atoms with Crippen molar-refractivity contribution in [2.24, 2.45) is 0 Å². The van der Waals surface area contributed by atoms with Crippen LogP contribution in [-0.2, 0) is 9.53 Å². The van der Waals surface area contributed by atoms with Crippen LogP contribution in [0.2, 0.25) is 0 Å². The molecule has 0 aliphatic carbocycles. The average Bonchev–Trinajstić information content (AvgIpc) is 3.39. The molecular formula is C21H22N8O5. The quantitative estimate of drug-likeness (QED) is 0.323. The Bertz CT molecular complexity index is 1280. The summed E-state index contributed by atoms with van der Waals surface area (Å²) in [5.74, 6) is 4.90. The number of hydrogen-bond acceptors (Lipinski definition) is 10. The Morgan fingerprint density at radius 3 is 2.71 bits per heavy atom. The molecule has 13 nitrogen and oxygen atoms in total. The number of aliphatic hydroxyl groups excluding tert-OH is 2. The molecule has 0 spiro atoms. The number of nitrogens with two attached hydrogens (primary N) is 1. The van der Waals surface area contributed by atoms with Gasteiger partial charge in [0.1, 0.15) is 17.7 Å². The predicted octanol–water partition coefficient (Wildman–Crippen LogP) is -1.71. The van der Waals surface area contributed by atoms with E-state index in [1.165, 1.54) is 35.2 Å². The highest BCUT2D eigenvalue weighted by Gasteiger charge is 2.47. The Morgan fingerprint density at radius 2 is 2.00 bits per heavy atom. The number of fused-ring (bicyclic) bond motifs is 1. The van der Waals surface area contributed by atoms with Gasteiger partial charge in [0.2, 0.25) is 5.82 Å². The third-order valence-electron chi connectivity index (χ3n) is 5.26. The summed E-state index contributed by atoms with van der Waals surface area (Å²) in [4.78, 5) is 42.3. The van der Waals surface area contributed by atoms with Crippen LogP contribution in [0.3, 0.4) is 0 Å². The number of nitrogens with one attached hydrogen (secondary N) is 1. The molecule has 176 valence electrons. The lowest BCUT2D eigenvalue weighted by atomic mass is 10.1. The minimum atomic E-state index is -1.45. The van der Waals surface area contributed by atoms with Crippen molar-refractivity contribution in [1.29, 1.82) is 0 Å². The first-order chi connectivity index (χ1) is 16.3. The molecule has 5 N–H and O–H groups in total. The number of carbonyl (C=O) groups excluding carboxylic acids is 2. The van der Waals surface area contributed by atoms with E-state index in [0.717, 1.165) is 0 Å². The molecule has 0 unspecified atom stereocenters. The summed E-state index contributed by atoms with van der Waals surface area (Å²) in [7, 11) is 3.00. The van der Waals surface area contributed by atoms with Gasteiger partial charge in [-0.1, -0.05) is 5.92 Å². The lowest BCUT2D eigenvalue weighted by Crippen LogP contribution is -2.41. The van der Waals surface area contributed by atoms with Gasteiger partial charge >= 0.3 is 0 Å². The van der Waals surface area contributed by atoms with Crippen molar-refractivity contribution >= 4 is 28.8 Å². The third-order valence-corrected chi connectivity index (χ3v) is 5.26. The molecule has 4 rings (SSSR count). The van der Waals surface area contributed by atoms with Gasteiger partial charge in [-0.2, -0.15) is 0 Å². The molecule has 4 atom stereocenters. The highest BCUT2D eigenvalue weighted by molar-refractivity contribution is 5.94. The van der Waals surface area contributed by atoms with Crippen LogP contribution in [0.1, 0.15) is 22.4 Å². The fraction of sp³-hybridized carbons (Fsp3) is 0.333. The van der Waals surface area contributed by atoms with Crippen LogP contribution >= 0.6 is 0 Å². The number of anilines is 1. The summed E-state index contributed by atoms with van der Waals surface area (Å²) >= 11 is 0. The number of likely N-dealkylation sites (N-methyl/N-ethyl adjacent to an activating group) is 1. The lowest BCUT2D eigenvalue weighted by molar-refractivity contribution is -0.137. The Labute approximate surface area is 193 Å². The van der Waals surface area contributed by atoms with Gasteiger partial charge in [-0.05, 0) is 18.1 Å². The second-order valence-electron chi connectivity index (χ2n) is 7.50. The van der Waals surface area contributed by atoms with E-state index in [1.807, 2.05) is 0 Å². The van der Waals surface area contributed by atoms with E-state index in [9.17, 15) is 19.8 Å². The number of nitrogen functional groups attached to an aromatic ring is 1. The zero-order chi connectivity index (χ0) is 24.4. The molecule has 0 aromatic carbocycles. The van der Waals surface area contributed by atoms with Crippen molar-refractivity contribution < 1.29 is 24.5 Å². The number of hydrogen-bond donors (Lipinski definition) is 4. The third kappa shape index (κ3) is 4.25. The molecule has 0 radical (unpaired) electrons. The van der Waals surface area contributed by atoms with Crippen molar-refractivity contribution in [3.63, 3.8) is 0 Å². The molecule has 4 heterocycles. The van der Waals surface area contributed by atoms with Crippen LogP contribution in [-0.4, -0.2) is 90.4 Å². The van der Waals surface area contributed by atoms with E-state index in [2.05, 4.69) is 37.1 Å². The minimum Gasteiger partial charge on any atom is -0.387 e. The molecule has 1 saturated heterocycles. The van der Waals surface area contributed by atoms with Crippen LogP contribution in [0.4, 0.5) is 5.82 Å². The minimum absolute atomic E-state index is 0.0464. The molecule has 13 heteroatoms. The second kappa shape index (κ2) is 9.40. The number of imidazole rings is 1. The zero-order valence-corrected chi connectivity index (χ0v) is 18.3. The molecule has 0 saturated carbocycles. The summed E-state index contributed by atoms with van der Waals surface area (Å²) in [6, 6.07) is 3.21. The average molecular weight is 466 g/mol. The number of carbonyl (C=O) groups is 2. The van der Waals surface area contributed by atoms with Crippen molar-refractivity contribution in [2.75, 3.05) is 26.4 Å². The van der Waals surface area contributed by atoms with E-state index in [-0.39, 0.29) is 35.3 Å². The fourth-order valence-corrected chi connectivity index (χ4v) is 3.45. The SMILES string of the molecule is CNC(=O)[C@H]1O[C@@H](n2cnc3c(N)nc(C#CCN(C)C(=O)c4ccncc4)nc32)[C@H](O)[C@@H]1O. The highest BCUT2D eigenvalue weighted by atomic mass is 16.6. The number of aromatic nitrogens is 5. The fourth-order valence-electron chi connectivity index (χ4n) is 3.45. The molecule has 34 heavy (non-hydrogen) atoms. The molecule has 1 fully saturated rings. The molecule has 3 aromatic heterocycles. The van der Waals surface area contributed by atoms with Gasteiger partial charge in [-0.15, -0.1) is 0 Å². The lowest BCUT2D eigenvalue weighted by Gasteiger charge is -2.16. The molecule has 1 aliphatic rings. The van der Waals surface area contributed by atoms with Gasteiger partial charge in [-0.3, -0.25) is 19.1 Å². The number of aliphatic hydroxyl groups is 2. The number of pyridine rings is 1. The summed E-state index contributed by atoms with van der Waals surface area (Å²) in [6.07, 6.45) is -0.893. The van der Waals surface area contributed by atoms with Crippen molar-refractivity contribution in [3.05, 3.63) is 42.2 Å². The molecule has 2 amide bonds. The van der Waals surface area contributed by atoms with Gasteiger partial charge in [0.15, 0.2) is 23.8 Å². The van der Waals surface area contributed by atoms with Crippen LogP contribution in [0, 0.1) is 11.8 Å². The van der Waals surface area contributed by atoms with Gasteiger partial charge in [-0.25, -0.2) is 15.0 Å². The van der Waals surface area contributed by atoms with Gasteiger partial charge < -0.3 is 30.9 Å². The summed E-state index contributed by atoms with van der Waals surface area (Å²) in [5.41, 5.74) is 6.93. The summed E-state index contributed by atoms with van der Waals surface area (Å²) in [5, 5.41) is 23.0. The van der Waals surface area contributed by atoms with Crippen molar-refractivity contribution in [1.82, 2.24) is 34.7 Å².